The van der Waals surface area contributed by atoms with Crippen molar-refractivity contribution in [3.63, 3.8) is 0 Å². The van der Waals surface area contributed by atoms with Gasteiger partial charge in [0, 0.05) is 92.5 Å². The molecule has 4 saturated heterocycles. The number of carbonyl (C=O) groups excluding carboxylic acids is 6. The van der Waals surface area contributed by atoms with Crippen LogP contribution in [0, 0.1) is 6.92 Å². The molecule has 4 aliphatic heterocycles. The molecule has 4 aliphatic rings. The molecule has 3 aromatic rings. The maximum absolute atomic E-state index is 13.6. The smallest absolute Gasteiger partial charge is 0.315 e. The van der Waals surface area contributed by atoms with E-state index < -0.39 is 0 Å². The molecule has 5 heterocycles. The second-order valence-electron chi connectivity index (χ2n) is 18.0. The van der Waals surface area contributed by atoms with E-state index in [1.165, 1.54) is 36.3 Å². The van der Waals surface area contributed by atoms with Gasteiger partial charge in [-0.05, 0) is 67.8 Å². The minimum Gasteiger partial charge on any atom is -0.496 e. The molecule has 1 aromatic heterocycles. The molecule has 0 spiro atoms. The fraction of sp³-hybridized carbons (Fsp3) is 0.549. The summed E-state index contributed by atoms with van der Waals surface area (Å²) in [4.78, 5) is 88.2. The highest BCUT2D eigenvalue weighted by Gasteiger charge is 2.42. The molecule has 4 fully saturated rings. The number of thiazole rings is 1. The van der Waals surface area contributed by atoms with E-state index in [1.807, 2.05) is 47.9 Å². The van der Waals surface area contributed by atoms with E-state index in [4.69, 9.17) is 23.7 Å². The average molecular weight is 1080 g/mol. The van der Waals surface area contributed by atoms with Crippen molar-refractivity contribution >= 4 is 81.2 Å². The van der Waals surface area contributed by atoms with Crippen LogP contribution in [0.25, 0.3) is 0 Å². The molecule has 2 aromatic carbocycles. The van der Waals surface area contributed by atoms with Gasteiger partial charge in [-0.15, -0.1) is 0 Å². The normalized spacial score (nSPS) is 18.4. The lowest BCUT2D eigenvalue weighted by molar-refractivity contribution is -0.132. The van der Waals surface area contributed by atoms with Gasteiger partial charge in [0.25, 0.3) is 11.8 Å². The van der Waals surface area contributed by atoms with Crippen LogP contribution in [-0.4, -0.2) is 197 Å². The van der Waals surface area contributed by atoms with Crippen molar-refractivity contribution in [2.75, 3.05) is 135 Å². The minimum absolute atomic E-state index is 0.0234. The highest BCUT2D eigenvalue weighted by atomic mass is 32.2. The fourth-order valence-electron chi connectivity index (χ4n) is 8.92. The Bertz CT molecular complexity index is 2380. The van der Waals surface area contributed by atoms with Gasteiger partial charge >= 0.3 is 6.03 Å². The lowest BCUT2D eigenvalue weighted by Gasteiger charge is -2.36. The number of unbranched alkanes of at least 4 members (excludes halogenated alkanes) is 1. The summed E-state index contributed by atoms with van der Waals surface area (Å²) in [5.74, 6) is 0.898. The number of hydrogen-bond donors (Lipinski definition) is 4. The average Bonchev–Trinajstić information content (AvgIpc) is 4.14. The Morgan fingerprint density at radius 1 is 0.824 bits per heavy atom. The van der Waals surface area contributed by atoms with Crippen molar-refractivity contribution in [3.05, 3.63) is 71.9 Å². The SMILES string of the molecule is C=CC(=O)N1CCN(C(=O)c2cc(Sc3cnc(NC(=O)c4ccc(N5CCN(C(=O)CCOCCOCCOCCOCCNC(=O)CCCCC6SCC7NC(=O)NC76)CC5)cc4)s3)c(C)cc2OC)CC1. The van der Waals surface area contributed by atoms with Gasteiger partial charge in [0.1, 0.15) is 5.75 Å². The molecule has 3 unspecified atom stereocenters. The summed E-state index contributed by atoms with van der Waals surface area (Å²) in [6.07, 6.45) is 6.53. The quantitative estimate of drug-likeness (QED) is 0.0453. The number of carbonyl (C=O) groups is 6. The Labute approximate surface area is 445 Å². The number of amides is 7. The number of thioether (sulfide) groups is 1. The first-order valence-electron chi connectivity index (χ1n) is 25.2. The summed E-state index contributed by atoms with van der Waals surface area (Å²) in [6, 6.07) is 11.4. The predicted octanol–water partition coefficient (Wildman–Crippen LogP) is 4.28. The molecule has 0 radical (unpaired) electrons. The van der Waals surface area contributed by atoms with Crippen LogP contribution in [0.15, 0.2) is 64.4 Å². The Balaban J connectivity index is 0.687. The third-order valence-corrected chi connectivity index (χ3v) is 16.7. The number of fused-ring (bicyclic) bond motifs is 1. The standard InChI is InChI=1S/C51H69N9O11S3/c1-4-44(62)58-19-21-60(22-20-58)49(65)38-32-42(35(2)31-40(38)67-3)73-46-33-53-51(74-46)56-48(64)36-9-11-37(12-10-36)57-15-17-59(18-16-57)45(63)13-23-68-25-27-70-29-30-71-28-26-69-24-14-52-43(61)8-6-5-7-41-47-39(34-72-41)54-50(66)55-47/h4,9-12,31-33,39,41,47H,1,5-8,13-30,34H2,2-3H3,(H,52,61)(H,53,56,64)(H2,54,55,66). The van der Waals surface area contributed by atoms with E-state index in [9.17, 15) is 28.8 Å². The fourth-order valence-corrected chi connectivity index (χ4v) is 12.4. The van der Waals surface area contributed by atoms with Gasteiger partial charge in [-0.1, -0.05) is 36.1 Å². The summed E-state index contributed by atoms with van der Waals surface area (Å²) in [6.45, 7) is 13.4. The summed E-state index contributed by atoms with van der Waals surface area (Å²) < 4.78 is 28.7. The lowest BCUT2D eigenvalue weighted by atomic mass is 10.0. The van der Waals surface area contributed by atoms with Crippen molar-refractivity contribution in [1.29, 1.82) is 0 Å². The molecule has 402 valence electrons. The van der Waals surface area contributed by atoms with Gasteiger partial charge in [0.15, 0.2) is 5.13 Å². The number of benzene rings is 2. The molecule has 23 heteroatoms. The molecule has 20 nitrogen and oxygen atoms in total. The third-order valence-electron chi connectivity index (χ3n) is 13.0. The first-order valence-corrected chi connectivity index (χ1v) is 27.9. The van der Waals surface area contributed by atoms with Crippen molar-refractivity contribution < 1.29 is 52.5 Å². The van der Waals surface area contributed by atoms with Crippen LogP contribution in [0.5, 0.6) is 5.75 Å². The summed E-state index contributed by atoms with van der Waals surface area (Å²) in [7, 11) is 1.54. The van der Waals surface area contributed by atoms with Crippen LogP contribution < -0.4 is 30.9 Å². The second-order valence-corrected chi connectivity index (χ2v) is 21.7. The monoisotopic (exact) mass is 1080 g/mol. The number of ether oxygens (including phenoxy) is 5. The van der Waals surface area contributed by atoms with Crippen LogP contribution in [0.2, 0.25) is 0 Å². The molecule has 0 aliphatic carbocycles. The number of methoxy groups -OCH3 is 1. The molecule has 3 atom stereocenters. The van der Waals surface area contributed by atoms with Crippen LogP contribution >= 0.6 is 34.9 Å². The van der Waals surface area contributed by atoms with E-state index in [0.29, 0.717) is 152 Å². The Morgan fingerprint density at radius 2 is 1.49 bits per heavy atom. The maximum atomic E-state index is 13.6. The number of nitrogens with zero attached hydrogens (tertiary/aromatic N) is 5. The largest absolute Gasteiger partial charge is 0.496 e. The highest BCUT2D eigenvalue weighted by molar-refractivity contribution is 8.01. The minimum atomic E-state index is -0.283. The van der Waals surface area contributed by atoms with E-state index in [0.717, 1.165) is 45.4 Å². The molecule has 7 amide bonds. The van der Waals surface area contributed by atoms with E-state index in [-0.39, 0.29) is 47.7 Å². The zero-order valence-electron chi connectivity index (χ0n) is 42.3. The number of aromatic nitrogens is 1. The van der Waals surface area contributed by atoms with Crippen LogP contribution in [0.3, 0.4) is 0 Å². The van der Waals surface area contributed by atoms with Gasteiger partial charge in [-0.3, -0.25) is 29.3 Å². The van der Waals surface area contributed by atoms with Gasteiger partial charge in [-0.25, -0.2) is 9.78 Å². The zero-order valence-corrected chi connectivity index (χ0v) is 44.7. The number of anilines is 2. The van der Waals surface area contributed by atoms with E-state index in [2.05, 4.69) is 37.7 Å². The van der Waals surface area contributed by atoms with Gasteiger partial charge in [-0.2, -0.15) is 11.8 Å². The number of hydrogen-bond acceptors (Lipinski definition) is 16. The number of urea groups is 1. The van der Waals surface area contributed by atoms with E-state index >= 15 is 0 Å². The van der Waals surface area contributed by atoms with Gasteiger partial charge in [0.2, 0.25) is 17.7 Å². The van der Waals surface area contributed by atoms with Gasteiger partial charge in [0.05, 0.1) is 94.4 Å². The highest BCUT2D eigenvalue weighted by Crippen LogP contribution is 2.39. The molecule has 4 N–H and O–H groups in total. The summed E-state index contributed by atoms with van der Waals surface area (Å²) in [5.41, 5.74) is 2.82. The predicted molar refractivity (Wildman–Crippen MR) is 285 cm³/mol. The number of aryl methyl sites for hydroxylation is 1. The first kappa shape index (κ1) is 56.3. The van der Waals surface area contributed by atoms with Crippen molar-refractivity contribution in [1.82, 2.24) is 35.6 Å². The van der Waals surface area contributed by atoms with Crippen LogP contribution in [-0.2, 0) is 33.3 Å². The molecule has 7 rings (SSSR count). The van der Waals surface area contributed by atoms with Crippen LogP contribution in [0.1, 0.15) is 58.4 Å². The van der Waals surface area contributed by atoms with Gasteiger partial charge < -0.3 is 59.2 Å². The maximum Gasteiger partial charge on any atom is 0.315 e. The summed E-state index contributed by atoms with van der Waals surface area (Å²) in [5, 5.41) is 12.6. The number of rotatable bonds is 28. The lowest BCUT2D eigenvalue weighted by Crippen LogP contribution is -2.50. The van der Waals surface area contributed by atoms with Crippen molar-refractivity contribution in [3.8, 4) is 5.75 Å². The molecule has 0 saturated carbocycles. The third kappa shape index (κ3) is 16.5. The van der Waals surface area contributed by atoms with Crippen molar-refractivity contribution in [2.45, 2.75) is 65.5 Å². The Morgan fingerprint density at radius 3 is 2.18 bits per heavy atom. The first-order chi connectivity index (χ1) is 36.0. The zero-order chi connectivity index (χ0) is 52.2. The van der Waals surface area contributed by atoms with Crippen LogP contribution in [0.4, 0.5) is 15.6 Å². The molecule has 74 heavy (non-hydrogen) atoms. The Kier molecular flexibility index (Phi) is 22.1. The summed E-state index contributed by atoms with van der Waals surface area (Å²) >= 11 is 4.68. The number of piperazine rings is 2. The molecule has 0 bridgehead atoms. The molecular weight excluding hydrogens is 1010 g/mol. The topological polar surface area (TPSA) is 223 Å². The molecular formula is C51H69N9O11S3. The number of nitrogens with one attached hydrogen (secondary N) is 4. The van der Waals surface area contributed by atoms with Crippen molar-refractivity contribution in [2.24, 2.45) is 0 Å². The second kappa shape index (κ2) is 29.0. The Hall–Kier alpha value is -5.43. The van der Waals surface area contributed by atoms with E-state index in [1.54, 1.807) is 28.1 Å².